The minimum atomic E-state index is -3.42. The fraction of sp³-hybridized carbons (Fsp3) is 0.933. The lowest BCUT2D eigenvalue weighted by Crippen LogP contribution is -2.49. The Morgan fingerprint density at radius 2 is 1.87 bits per heavy atom. The van der Waals surface area contributed by atoms with Crippen molar-refractivity contribution in [3.05, 3.63) is 0 Å². The molecule has 7 nitrogen and oxygen atoms in total. The Hall–Kier alpha value is -0.700. The van der Waals surface area contributed by atoms with E-state index in [1.807, 2.05) is 0 Å². The van der Waals surface area contributed by atoms with Crippen LogP contribution in [-0.2, 0) is 15.0 Å². The van der Waals surface area contributed by atoms with Gasteiger partial charge in [0.05, 0.1) is 5.92 Å². The number of carbonyl (C=O) groups is 1. The molecule has 2 aliphatic heterocycles. The van der Waals surface area contributed by atoms with E-state index in [0.717, 1.165) is 25.8 Å². The van der Waals surface area contributed by atoms with Crippen molar-refractivity contribution in [2.75, 3.05) is 53.4 Å². The fourth-order valence-electron chi connectivity index (χ4n) is 3.26. The number of rotatable bonds is 7. The average Bonchev–Trinajstić information content (AvgIpc) is 3.04. The number of likely N-dealkylation sites (tertiary alicyclic amines) is 1. The average molecular weight is 346 g/mol. The minimum absolute atomic E-state index is 0.00919. The Morgan fingerprint density at radius 1 is 1.17 bits per heavy atom. The molecule has 2 saturated heterocycles. The first-order valence-corrected chi connectivity index (χ1v) is 9.98. The topological polar surface area (TPSA) is 73.0 Å². The quantitative estimate of drug-likeness (QED) is 0.664. The molecule has 2 heterocycles. The van der Waals surface area contributed by atoms with Crippen LogP contribution in [0.4, 0.5) is 0 Å². The monoisotopic (exact) mass is 346 g/mol. The highest BCUT2D eigenvalue weighted by atomic mass is 32.2. The summed E-state index contributed by atoms with van der Waals surface area (Å²) in [5.41, 5.74) is 0. The van der Waals surface area contributed by atoms with Crippen molar-refractivity contribution < 1.29 is 13.2 Å². The van der Waals surface area contributed by atoms with E-state index in [1.165, 1.54) is 48.6 Å². The first-order chi connectivity index (χ1) is 10.9. The van der Waals surface area contributed by atoms with E-state index in [2.05, 4.69) is 10.2 Å². The second-order valence-corrected chi connectivity index (χ2v) is 8.82. The summed E-state index contributed by atoms with van der Waals surface area (Å²) in [6, 6.07) is 0. The van der Waals surface area contributed by atoms with Gasteiger partial charge >= 0.3 is 0 Å². The SMILES string of the molecule is CN(C)S(=O)(=O)N1CCC[C@H](C(=O)NCCCN2CCCC2)C1. The molecule has 0 aromatic rings. The first-order valence-electron chi connectivity index (χ1n) is 8.59. The summed E-state index contributed by atoms with van der Waals surface area (Å²) < 4.78 is 27.0. The van der Waals surface area contributed by atoms with Crippen molar-refractivity contribution >= 4 is 16.1 Å². The van der Waals surface area contributed by atoms with Gasteiger partial charge in [0.15, 0.2) is 0 Å². The summed E-state index contributed by atoms with van der Waals surface area (Å²) >= 11 is 0. The van der Waals surface area contributed by atoms with Crippen molar-refractivity contribution in [3.8, 4) is 0 Å². The summed E-state index contributed by atoms with van der Waals surface area (Å²) in [6.45, 7) is 4.85. The van der Waals surface area contributed by atoms with Crippen molar-refractivity contribution in [2.45, 2.75) is 32.1 Å². The molecular formula is C15H30N4O3S. The molecular weight excluding hydrogens is 316 g/mol. The molecule has 8 heteroatoms. The maximum absolute atomic E-state index is 12.3. The molecule has 2 fully saturated rings. The molecule has 0 aliphatic carbocycles. The van der Waals surface area contributed by atoms with Gasteiger partial charge in [0, 0.05) is 33.7 Å². The second-order valence-electron chi connectivity index (χ2n) is 6.68. The number of amides is 1. The number of nitrogens with zero attached hydrogens (tertiary/aromatic N) is 3. The Bertz CT molecular complexity index is 489. The Kier molecular flexibility index (Phi) is 6.82. The van der Waals surface area contributed by atoms with E-state index < -0.39 is 10.2 Å². The van der Waals surface area contributed by atoms with Gasteiger partial charge < -0.3 is 10.2 Å². The van der Waals surface area contributed by atoms with Crippen LogP contribution in [0.1, 0.15) is 32.1 Å². The molecule has 0 spiro atoms. The molecule has 2 rings (SSSR count). The molecule has 1 atom stereocenters. The van der Waals surface area contributed by atoms with E-state index in [-0.39, 0.29) is 11.8 Å². The number of nitrogens with one attached hydrogen (secondary N) is 1. The van der Waals surface area contributed by atoms with E-state index in [1.54, 1.807) is 0 Å². The zero-order valence-corrected chi connectivity index (χ0v) is 15.1. The van der Waals surface area contributed by atoms with Gasteiger partial charge in [-0.3, -0.25) is 4.79 Å². The predicted octanol–water partition coefficient (Wildman–Crippen LogP) is 0.107. The molecule has 1 amide bonds. The molecule has 0 unspecified atom stereocenters. The number of carbonyl (C=O) groups excluding carboxylic acids is 1. The van der Waals surface area contributed by atoms with Gasteiger partial charge in [-0.2, -0.15) is 17.0 Å². The first kappa shape index (κ1) is 18.6. The second kappa shape index (κ2) is 8.41. The number of piperidine rings is 1. The van der Waals surface area contributed by atoms with Crippen LogP contribution < -0.4 is 5.32 Å². The smallest absolute Gasteiger partial charge is 0.281 e. The van der Waals surface area contributed by atoms with Crippen molar-refractivity contribution in [3.63, 3.8) is 0 Å². The highest BCUT2D eigenvalue weighted by Crippen LogP contribution is 2.20. The van der Waals surface area contributed by atoms with E-state index in [0.29, 0.717) is 19.6 Å². The summed E-state index contributed by atoms with van der Waals surface area (Å²) in [5, 5.41) is 2.98. The van der Waals surface area contributed by atoms with Crippen LogP contribution in [0.3, 0.4) is 0 Å². The van der Waals surface area contributed by atoms with Crippen LogP contribution in [0, 0.1) is 5.92 Å². The molecule has 2 aliphatic rings. The summed E-state index contributed by atoms with van der Waals surface area (Å²) in [4.78, 5) is 14.7. The third-order valence-electron chi connectivity index (χ3n) is 4.69. The van der Waals surface area contributed by atoms with Crippen molar-refractivity contribution in [1.82, 2.24) is 18.8 Å². The highest BCUT2D eigenvalue weighted by molar-refractivity contribution is 7.86. The fourth-order valence-corrected chi connectivity index (χ4v) is 4.45. The third-order valence-corrected chi connectivity index (χ3v) is 6.60. The molecule has 0 saturated carbocycles. The van der Waals surface area contributed by atoms with Crippen LogP contribution in [0.25, 0.3) is 0 Å². The van der Waals surface area contributed by atoms with Crippen LogP contribution in [0.5, 0.6) is 0 Å². The molecule has 0 aromatic carbocycles. The molecule has 0 bridgehead atoms. The zero-order chi connectivity index (χ0) is 16.9. The molecule has 23 heavy (non-hydrogen) atoms. The van der Waals surface area contributed by atoms with Crippen LogP contribution in [0.15, 0.2) is 0 Å². The third kappa shape index (κ3) is 5.14. The molecule has 0 aromatic heterocycles. The summed E-state index contributed by atoms with van der Waals surface area (Å²) in [5.74, 6) is -0.240. The largest absolute Gasteiger partial charge is 0.356 e. The van der Waals surface area contributed by atoms with Gasteiger partial charge in [0.2, 0.25) is 5.91 Å². The van der Waals surface area contributed by atoms with Gasteiger partial charge in [0.25, 0.3) is 10.2 Å². The highest BCUT2D eigenvalue weighted by Gasteiger charge is 2.33. The lowest BCUT2D eigenvalue weighted by molar-refractivity contribution is -0.126. The van der Waals surface area contributed by atoms with Gasteiger partial charge in [-0.25, -0.2) is 0 Å². The van der Waals surface area contributed by atoms with Crippen molar-refractivity contribution in [2.24, 2.45) is 5.92 Å². The van der Waals surface area contributed by atoms with Crippen molar-refractivity contribution in [1.29, 1.82) is 0 Å². The van der Waals surface area contributed by atoms with Gasteiger partial charge in [-0.05, 0) is 51.7 Å². The molecule has 134 valence electrons. The van der Waals surface area contributed by atoms with Gasteiger partial charge in [-0.1, -0.05) is 0 Å². The summed E-state index contributed by atoms with van der Waals surface area (Å²) in [7, 11) is -0.372. The maximum atomic E-state index is 12.3. The maximum Gasteiger partial charge on any atom is 0.281 e. The van der Waals surface area contributed by atoms with Crippen LogP contribution in [-0.4, -0.2) is 81.2 Å². The van der Waals surface area contributed by atoms with E-state index >= 15 is 0 Å². The lowest BCUT2D eigenvalue weighted by Gasteiger charge is -2.32. The molecule has 0 radical (unpaired) electrons. The number of hydrogen-bond acceptors (Lipinski definition) is 4. The van der Waals surface area contributed by atoms with Gasteiger partial charge in [0.1, 0.15) is 0 Å². The van der Waals surface area contributed by atoms with E-state index in [9.17, 15) is 13.2 Å². The van der Waals surface area contributed by atoms with Crippen LogP contribution >= 0.6 is 0 Å². The van der Waals surface area contributed by atoms with Crippen LogP contribution in [0.2, 0.25) is 0 Å². The standard InChI is InChI=1S/C15H30N4O3S/c1-17(2)23(21,22)19-12-5-7-14(13-19)15(20)16-8-6-11-18-9-3-4-10-18/h14H,3-13H2,1-2H3,(H,16,20)/t14-/m0/s1. The van der Waals surface area contributed by atoms with E-state index in [4.69, 9.17) is 0 Å². The number of hydrogen-bond donors (Lipinski definition) is 1. The normalized spacial score (nSPS) is 24.2. The summed E-state index contributed by atoms with van der Waals surface area (Å²) in [6.07, 6.45) is 5.02. The minimum Gasteiger partial charge on any atom is -0.356 e. The zero-order valence-electron chi connectivity index (χ0n) is 14.3. The van der Waals surface area contributed by atoms with Gasteiger partial charge in [-0.15, -0.1) is 0 Å². The Labute approximate surface area is 140 Å². The Balaban J connectivity index is 1.73. The lowest BCUT2D eigenvalue weighted by atomic mass is 9.99. The predicted molar refractivity (Wildman–Crippen MR) is 90.2 cm³/mol. The molecule has 1 N–H and O–H groups in total. The Morgan fingerprint density at radius 3 is 2.52 bits per heavy atom.